The molecule has 2 nitrogen and oxygen atoms in total. The van der Waals surface area contributed by atoms with Gasteiger partial charge in [-0.2, -0.15) is 0 Å². The predicted molar refractivity (Wildman–Crippen MR) is 93.6 cm³/mol. The predicted octanol–water partition coefficient (Wildman–Crippen LogP) is 5.51. The van der Waals surface area contributed by atoms with Crippen LogP contribution in [0.25, 0.3) is 10.9 Å². The molecule has 4 heteroatoms. The van der Waals surface area contributed by atoms with Crippen molar-refractivity contribution in [2.45, 2.75) is 52.1 Å². The summed E-state index contributed by atoms with van der Waals surface area (Å²) in [6.45, 7) is 6.39. The number of hydrogen-bond acceptors (Lipinski definition) is 1. The maximum absolute atomic E-state index is 6.22. The summed E-state index contributed by atoms with van der Waals surface area (Å²) in [6.07, 6.45) is 7.24. The first-order valence-electron chi connectivity index (χ1n) is 7.79. The fourth-order valence-corrected chi connectivity index (χ4v) is 3.19. The van der Waals surface area contributed by atoms with Crippen molar-refractivity contribution in [1.82, 2.24) is 9.88 Å². The number of halogens is 2. The Morgan fingerprint density at radius 3 is 2.81 bits per heavy atom. The monoisotopic (exact) mass is 326 g/mol. The summed E-state index contributed by atoms with van der Waals surface area (Å²) in [6, 6.07) is 6.40. The second-order valence-corrected chi connectivity index (χ2v) is 6.52. The first-order chi connectivity index (χ1) is 10.1. The molecule has 116 valence electrons. The molecule has 0 fully saturated rings. The van der Waals surface area contributed by atoms with Gasteiger partial charge in [-0.05, 0) is 31.5 Å². The third-order valence-electron chi connectivity index (χ3n) is 3.89. The summed E-state index contributed by atoms with van der Waals surface area (Å²) in [4.78, 5) is 0. The maximum Gasteiger partial charge on any atom is 0.0514 e. The molecule has 2 aromatic rings. The van der Waals surface area contributed by atoms with Crippen LogP contribution in [0.1, 0.15) is 39.5 Å². The molecule has 1 unspecified atom stereocenters. The van der Waals surface area contributed by atoms with E-state index in [0.717, 1.165) is 29.0 Å². The van der Waals surface area contributed by atoms with Crippen LogP contribution < -0.4 is 5.32 Å². The second-order valence-electron chi connectivity index (χ2n) is 5.68. The van der Waals surface area contributed by atoms with E-state index in [1.165, 1.54) is 25.7 Å². The van der Waals surface area contributed by atoms with E-state index >= 15 is 0 Å². The minimum absolute atomic E-state index is 0.575. The fraction of sp³-hybridized carbons (Fsp3) is 0.529. The Morgan fingerprint density at radius 1 is 1.24 bits per heavy atom. The number of rotatable bonds is 8. The standard InChI is InChI=1S/C17H24Cl2N2/c1-3-4-5-6-13(2)20-8-10-21-9-7-15-16(19)11-14(18)12-17(15)21/h7,9,11-13,20H,3-6,8,10H2,1-2H3. The van der Waals surface area contributed by atoms with Crippen molar-refractivity contribution in [3.05, 3.63) is 34.4 Å². The highest BCUT2D eigenvalue weighted by atomic mass is 35.5. The maximum atomic E-state index is 6.22. The van der Waals surface area contributed by atoms with Crippen LogP contribution in [0.4, 0.5) is 0 Å². The molecule has 0 radical (unpaired) electrons. The summed E-state index contributed by atoms with van der Waals surface area (Å²) >= 11 is 12.3. The average molecular weight is 327 g/mol. The lowest BCUT2D eigenvalue weighted by molar-refractivity contribution is 0.473. The van der Waals surface area contributed by atoms with Gasteiger partial charge < -0.3 is 9.88 Å². The highest BCUT2D eigenvalue weighted by Crippen LogP contribution is 2.28. The largest absolute Gasteiger partial charge is 0.346 e. The van der Waals surface area contributed by atoms with E-state index in [-0.39, 0.29) is 0 Å². The van der Waals surface area contributed by atoms with Crippen LogP contribution in [0.3, 0.4) is 0 Å². The molecule has 1 heterocycles. The average Bonchev–Trinajstić information content (AvgIpc) is 2.82. The van der Waals surface area contributed by atoms with E-state index < -0.39 is 0 Å². The smallest absolute Gasteiger partial charge is 0.0514 e. The van der Waals surface area contributed by atoms with Crippen LogP contribution in [0.15, 0.2) is 24.4 Å². The molecular formula is C17H24Cl2N2. The van der Waals surface area contributed by atoms with Gasteiger partial charge in [-0.3, -0.25) is 0 Å². The number of aromatic nitrogens is 1. The molecule has 1 N–H and O–H groups in total. The van der Waals surface area contributed by atoms with Crippen molar-refractivity contribution >= 4 is 34.1 Å². The topological polar surface area (TPSA) is 17.0 Å². The molecule has 0 amide bonds. The van der Waals surface area contributed by atoms with Crippen molar-refractivity contribution in [2.75, 3.05) is 6.54 Å². The molecule has 1 aromatic carbocycles. The van der Waals surface area contributed by atoms with Crippen LogP contribution in [0, 0.1) is 0 Å². The van der Waals surface area contributed by atoms with E-state index in [4.69, 9.17) is 23.2 Å². The van der Waals surface area contributed by atoms with E-state index in [1.807, 2.05) is 6.07 Å². The highest BCUT2D eigenvalue weighted by molar-refractivity contribution is 6.38. The van der Waals surface area contributed by atoms with Gasteiger partial charge in [0.05, 0.1) is 10.5 Å². The molecule has 0 spiro atoms. The van der Waals surface area contributed by atoms with Gasteiger partial charge in [0.15, 0.2) is 0 Å². The molecule has 0 aliphatic heterocycles. The first kappa shape index (κ1) is 16.7. The van der Waals surface area contributed by atoms with Crippen LogP contribution in [0.2, 0.25) is 10.0 Å². The Morgan fingerprint density at radius 2 is 2.05 bits per heavy atom. The fourth-order valence-electron chi connectivity index (χ4n) is 2.65. The van der Waals surface area contributed by atoms with Crippen molar-refractivity contribution in [2.24, 2.45) is 0 Å². The number of nitrogens with one attached hydrogen (secondary N) is 1. The zero-order valence-electron chi connectivity index (χ0n) is 12.8. The Hall–Kier alpha value is -0.700. The van der Waals surface area contributed by atoms with Gasteiger partial charge in [0, 0.05) is 35.7 Å². The zero-order chi connectivity index (χ0) is 15.2. The van der Waals surface area contributed by atoms with Gasteiger partial charge in [-0.25, -0.2) is 0 Å². The number of hydrogen-bond donors (Lipinski definition) is 1. The summed E-state index contributed by atoms with van der Waals surface area (Å²) in [5, 5.41) is 6.06. The summed E-state index contributed by atoms with van der Waals surface area (Å²) in [7, 11) is 0. The SMILES string of the molecule is CCCCCC(C)NCCn1ccc2c(Cl)cc(Cl)cc21. The molecule has 21 heavy (non-hydrogen) atoms. The highest BCUT2D eigenvalue weighted by Gasteiger charge is 2.07. The third kappa shape index (κ3) is 4.64. The lowest BCUT2D eigenvalue weighted by Gasteiger charge is -2.14. The van der Waals surface area contributed by atoms with E-state index in [9.17, 15) is 0 Å². The molecule has 2 rings (SSSR count). The van der Waals surface area contributed by atoms with Gasteiger partial charge >= 0.3 is 0 Å². The molecule has 1 atom stereocenters. The minimum Gasteiger partial charge on any atom is -0.346 e. The van der Waals surface area contributed by atoms with Gasteiger partial charge in [-0.15, -0.1) is 0 Å². The molecule has 0 saturated carbocycles. The number of benzene rings is 1. The lowest BCUT2D eigenvalue weighted by atomic mass is 10.1. The van der Waals surface area contributed by atoms with Crippen LogP contribution >= 0.6 is 23.2 Å². The Balaban J connectivity index is 1.89. The Labute approximate surface area is 137 Å². The minimum atomic E-state index is 0.575. The zero-order valence-corrected chi connectivity index (χ0v) is 14.3. The van der Waals surface area contributed by atoms with Crippen molar-refractivity contribution < 1.29 is 0 Å². The molecular weight excluding hydrogens is 303 g/mol. The van der Waals surface area contributed by atoms with Crippen molar-refractivity contribution in [3.63, 3.8) is 0 Å². The molecule has 1 aromatic heterocycles. The first-order valence-corrected chi connectivity index (χ1v) is 8.54. The molecule has 0 aliphatic rings. The quantitative estimate of drug-likeness (QED) is 0.633. The van der Waals surface area contributed by atoms with Crippen molar-refractivity contribution in [3.8, 4) is 0 Å². The lowest BCUT2D eigenvalue weighted by Crippen LogP contribution is -2.29. The Bertz CT molecular complexity index is 577. The van der Waals surface area contributed by atoms with Gasteiger partial charge in [0.2, 0.25) is 0 Å². The van der Waals surface area contributed by atoms with Crippen molar-refractivity contribution in [1.29, 1.82) is 0 Å². The number of fused-ring (bicyclic) bond motifs is 1. The number of unbranched alkanes of at least 4 members (excludes halogenated alkanes) is 2. The second kappa shape index (κ2) is 8.07. The number of nitrogens with zero attached hydrogens (tertiary/aromatic N) is 1. The van der Waals surface area contributed by atoms with Gasteiger partial charge in [-0.1, -0.05) is 49.4 Å². The van der Waals surface area contributed by atoms with Gasteiger partial charge in [0.1, 0.15) is 0 Å². The van der Waals surface area contributed by atoms with E-state index in [1.54, 1.807) is 6.07 Å². The van der Waals surface area contributed by atoms with Crippen LogP contribution in [0.5, 0.6) is 0 Å². The molecule has 0 saturated heterocycles. The molecule has 0 aliphatic carbocycles. The third-order valence-corrected chi connectivity index (χ3v) is 4.42. The van der Waals surface area contributed by atoms with Crippen LogP contribution in [-0.4, -0.2) is 17.2 Å². The van der Waals surface area contributed by atoms with Crippen LogP contribution in [-0.2, 0) is 6.54 Å². The summed E-state index contributed by atoms with van der Waals surface area (Å²) in [5.41, 5.74) is 1.10. The summed E-state index contributed by atoms with van der Waals surface area (Å²) in [5.74, 6) is 0. The van der Waals surface area contributed by atoms with E-state index in [2.05, 4.69) is 36.0 Å². The normalized spacial score (nSPS) is 13.0. The van der Waals surface area contributed by atoms with Gasteiger partial charge in [0.25, 0.3) is 0 Å². The Kier molecular flexibility index (Phi) is 6.40. The van der Waals surface area contributed by atoms with E-state index in [0.29, 0.717) is 11.1 Å². The molecule has 0 bridgehead atoms. The summed E-state index contributed by atoms with van der Waals surface area (Å²) < 4.78 is 2.21.